The number of furan rings is 1. The molecule has 0 fully saturated rings. The number of carboxylic acid groups (broad SMARTS) is 1. The minimum atomic E-state index is -1.10. The lowest BCUT2D eigenvalue weighted by Crippen LogP contribution is -2.15. The monoisotopic (exact) mass is 279 g/mol. The molecule has 0 atom stereocenters. The largest absolute Gasteiger partial charge is 0.478 e. The third-order valence-corrected chi connectivity index (χ3v) is 2.89. The lowest BCUT2D eigenvalue weighted by Gasteiger charge is -2.09. The summed E-state index contributed by atoms with van der Waals surface area (Å²) >= 11 is 5.69. The van der Waals surface area contributed by atoms with Crippen LogP contribution in [0.3, 0.4) is 0 Å². The molecule has 0 spiro atoms. The molecule has 19 heavy (non-hydrogen) atoms. The third kappa shape index (κ3) is 2.61. The minimum absolute atomic E-state index is 0.0398. The quantitative estimate of drug-likeness (QED) is 0.904. The van der Waals surface area contributed by atoms with Crippen molar-refractivity contribution >= 4 is 29.2 Å². The SMILES string of the molecule is Cc1cccc(NC(=O)c2ccoc2Cl)c1C(=O)O. The third-order valence-electron chi connectivity index (χ3n) is 2.60. The fourth-order valence-electron chi connectivity index (χ4n) is 1.70. The molecule has 98 valence electrons. The van der Waals surface area contributed by atoms with Crippen molar-refractivity contribution in [1.82, 2.24) is 0 Å². The van der Waals surface area contributed by atoms with Crippen molar-refractivity contribution in [3.8, 4) is 0 Å². The van der Waals surface area contributed by atoms with Gasteiger partial charge in [0.25, 0.3) is 5.91 Å². The number of rotatable bonds is 3. The van der Waals surface area contributed by atoms with Gasteiger partial charge in [0.05, 0.1) is 23.1 Å². The van der Waals surface area contributed by atoms with E-state index in [0.717, 1.165) is 0 Å². The molecule has 1 amide bonds. The summed E-state index contributed by atoms with van der Waals surface area (Å²) < 4.78 is 4.81. The number of aryl methyl sites for hydroxylation is 1. The summed E-state index contributed by atoms with van der Waals surface area (Å²) in [6.45, 7) is 1.66. The van der Waals surface area contributed by atoms with Crippen LogP contribution in [0.2, 0.25) is 5.22 Å². The first-order chi connectivity index (χ1) is 9.00. The Morgan fingerprint density at radius 1 is 1.32 bits per heavy atom. The predicted molar refractivity (Wildman–Crippen MR) is 69.8 cm³/mol. The van der Waals surface area contributed by atoms with Crippen molar-refractivity contribution in [1.29, 1.82) is 0 Å². The smallest absolute Gasteiger partial charge is 0.338 e. The molecule has 1 aromatic heterocycles. The van der Waals surface area contributed by atoms with Gasteiger partial charge in [0.15, 0.2) is 0 Å². The second-order valence-electron chi connectivity index (χ2n) is 3.86. The van der Waals surface area contributed by atoms with E-state index in [1.807, 2.05) is 0 Å². The van der Waals surface area contributed by atoms with E-state index in [1.54, 1.807) is 19.1 Å². The zero-order chi connectivity index (χ0) is 14.0. The van der Waals surface area contributed by atoms with Gasteiger partial charge in [0, 0.05) is 0 Å². The van der Waals surface area contributed by atoms with Crippen LogP contribution in [-0.2, 0) is 0 Å². The van der Waals surface area contributed by atoms with E-state index in [0.29, 0.717) is 5.56 Å². The lowest BCUT2D eigenvalue weighted by molar-refractivity contribution is 0.0697. The standard InChI is InChI=1S/C13H10ClNO4/c1-7-3-2-4-9(10(7)13(17)18)15-12(16)8-5-6-19-11(8)14/h2-6H,1H3,(H,15,16)(H,17,18). The van der Waals surface area contributed by atoms with Crippen molar-refractivity contribution in [2.24, 2.45) is 0 Å². The molecular weight excluding hydrogens is 270 g/mol. The molecular formula is C13H10ClNO4. The molecule has 5 nitrogen and oxygen atoms in total. The Morgan fingerprint density at radius 2 is 2.05 bits per heavy atom. The highest BCUT2D eigenvalue weighted by Crippen LogP contribution is 2.22. The molecule has 0 unspecified atom stereocenters. The van der Waals surface area contributed by atoms with E-state index in [9.17, 15) is 9.59 Å². The summed E-state index contributed by atoms with van der Waals surface area (Å²) in [4.78, 5) is 23.1. The molecule has 2 aromatic rings. The highest BCUT2D eigenvalue weighted by molar-refractivity contribution is 6.32. The van der Waals surface area contributed by atoms with Crippen molar-refractivity contribution in [2.75, 3.05) is 5.32 Å². The van der Waals surface area contributed by atoms with Crippen molar-refractivity contribution < 1.29 is 19.1 Å². The molecule has 0 aliphatic rings. The fraction of sp³-hybridized carbons (Fsp3) is 0.0769. The second-order valence-corrected chi connectivity index (χ2v) is 4.21. The number of carbonyl (C=O) groups excluding carboxylic acids is 1. The summed E-state index contributed by atoms with van der Waals surface area (Å²) in [5.41, 5.74) is 0.980. The van der Waals surface area contributed by atoms with Crippen LogP contribution in [0, 0.1) is 6.92 Å². The van der Waals surface area contributed by atoms with Gasteiger partial charge in [-0.15, -0.1) is 0 Å². The molecule has 0 aliphatic carbocycles. The summed E-state index contributed by atoms with van der Waals surface area (Å²) in [5, 5.41) is 11.6. The Hall–Kier alpha value is -2.27. The number of amides is 1. The van der Waals surface area contributed by atoms with Crippen molar-refractivity contribution in [3.05, 3.63) is 52.4 Å². The zero-order valence-electron chi connectivity index (χ0n) is 9.94. The van der Waals surface area contributed by atoms with Crippen LogP contribution in [0.5, 0.6) is 0 Å². The summed E-state index contributed by atoms with van der Waals surface area (Å²) in [5.74, 6) is -1.63. The lowest BCUT2D eigenvalue weighted by atomic mass is 10.1. The van der Waals surface area contributed by atoms with Crippen LogP contribution in [0.4, 0.5) is 5.69 Å². The summed E-state index contributed by atoms with van der Waals surface area (Å²) in [6, 6.07) is 6.24. The normalized spacial score (nSPS) is 10.2. The maximum Gasteiger partial charge on any atom is 0.338 e. The second kappa shape index (κ2) is 5.16. The molecule has 0 aliphatic heterocycles. The van der Waals surface area contributed by atoms with Crippen LogP contribution >= 0.6 is 11.6 Å². The maximum absolute atomic E-state index is 11.9. The molecule has 1 heterocycles. The Labute approximate surface area is 113 Å². The van der Waals surface area contributed by atoms with E-state index in [1.165, 1.54) is 18.4 Å². The van der Waals surface area contributed by atoms with Gasteiger partial charge in [-0.2, -0.15) is 0 Å². The average Bonchev–Trinajstić information content (AvgIpc) is 2.75. The van der Waals surface area contributed by atoms with Crippen LogP contribution in [0.25, 0.3) is 0 Å². The number of anilines is 1. The molecule has 0 bridgehead atoms. The molecule has 0 saturated carbocycles. The Bertz CT molecular complexity index is 648. The highest BCUT2D eigenvalue weighted by Gasteiger charge is 2.18. The van der Waals surface area contributed by atoms with Gasteiger partial charge in [-0.05, 0) is 36.2 Å². The first-order valence-electron chi connectivity index (χ1n) is 5.38. The first-order valence-corrected chi connectivity index (χ1v) is 5.75. The predicted octanol–water partition coefficient (Wildman–Crippen LogP) is 3.19. The number of hydrogen-bond acceptors (Lipinski definition) is 3. The molecule has 0 saturated heterocycles. The molecule has 0 radical (unpaired) electrons. The van der Waals surface area contributed by atoms with Gasteiger partial charge in [0.2, 0.25) is 5.22 Å². The minimum Gasteiger partial charge on any atom is -0.478 e. The van der Waals surface area contributed by atoms with E-state index in [-0.39, 0.29) is 22.0 Å². The van der Waals surface area contributed by atoms with Gasteiger partial charge >= 0.3 is 5.97 Å². The Balaban J connectivity index is 2.35. The number of hydrogen-bond donors (Lipinski definition) is 2. The van der Waals surface area contributed by atoms with Crippen molar-refractivity contribution in [3.63, 3.8) is 0 Å². The number of benzene rings is 1. The number of nitrogens with one attached hydrogen (secondary N) is 1. The van der Waals surface area contributed by atoms with Gasteiger partial charge in [0.1, 0.15) is 0 Å². The summed E-state index contributed by atoms with van der Waals surface area (Å²) in [7, 11) is 0. The number of halogens is 1. The number of carboxylic acids is 1. The van der Waals surface area contributed by atoms with Crippen LogP contribution < -0.4 is 5.32 Å². The average molecular weight is 280 g/mol. The van der Waals surface area contributed by atoms with Crippen LogP contribution in [0.1, 0.15) is 26.3 Å². The van der Waals surface area contributed by atoms with E-state index in [4.69, 9.17) is 21.1 Å². The molecule has 1 aromatic carbocycles. The van der Waals surface area contributed by atoms with Gasteiger partial charge in [-0.1, -0.05) is 12.1 Å². The van der Waals surface area contributed by atoms with Crippen LogP contribution in [0.15, 0.2) is 34.9 Å². The van der Waals surface area contributed by atoms with E-state index < -0.39 is 11.9 Å². The van der Waals surface area contributed by atoms with Gasteiger partial charge < -0.3 is 14.8 Å². The van der Waals surface area contributed by atoms with Gasteiger partial charge in [-0.25, -0.2) is 4.79 Å². The van der Waals surface area contributed by atoms with Crippen LogP contribution in [-0.4, -0.2) is 17.0 Å². The molecule has 2 rings (SSSR count). The van der Waals surface area contributed by atoms with Crippen molar-refractivity contribution in [2.45, 2.75) is 6.92 Å². The topological polar surface area (TPSA) is 79.5 Å². The van der Waals surface area contributed by atoms with Gasteiger partial charge in [-0.3, -0.25) is 4.79 Å². The fourth-order valence-corrected chi connectivity index (χ4v) is 1.90. The van der Waals surface area contributed by atoms with E-state index in [2.05, 4.69) is 5.32 Å². The zero-order valence-corrected chi connectivity index (χ0v) is 10.7. The summed E-state index contributed by atoms with van der Waals surface area (Å²) in [6.07, 6.45) is 1.28. The molecule has 6 heteroatoms. The highest BCUT2D eigenvalue weighted by atomic mass is 35.5. The maximum atomic E-state index is 11.9. The first kappa shape index (κ1) is 13.2. The number of aromatic carboxylic acids is 1. The Kier molecular flexibility index (Phi) is 3.57. The Morgan fingerprint density at radius 3 is 2.63 bits per heavy atom. The van der Waals surface area contributed by atoms with E-state index >= 15 is 0 Å². The number of carbonyl (C=O) groups is 2. The molecule has 2 N–H and O–H groups in total.